The molecule has 0 N–H and O–H groups in total. The highest BCUT2D eigenvalue weighted by molar-refractivity contribution is 5.76. The van der Waals surface area contributed by atoms with Crippen LogP contribution >= 0.6 is 0 Å². The number of nitrogens with zero attached hydrogens (tertiary/aromatic N) is 2. The second-order valence-electron chi connectivity index (χ2n) is 4.84. The zero-order valence-corrected chi connectivity index (χ0v) is 13.0. The Labute approximate surface area is 114 Å². The Kier molecular flexibility index (Phi) is 10.0. The van der Waals surface area contributed by atoms with Crippen LogP contribution in [0, 0.1) is 5.92 Å². The summed E-state index contributed by atoms with van der Waals surface area (Å²) in [7, 11) is 0. The van der Waals surface area contributed by atoms with E-state index >= 15 is 0 Å². The van der Waals surface area contributed by atoms with Gasteiger partial charge in [-0.3, -0.25) is 4.79 Å². The van der Waals surface area contributed by atoms with Crippen molar-refractivity contribution in [2.75, 3.05) is 32.7 Å². The number of carbonyl (C=O) groups excluding carboxylic acids is 1. The molecular weight excluding hydrogens is 224 g/mol. The summed E-state index contributed by atoms with van der Waals surface area (Å²) in [6.07, 6.45) is 3.05. The van der Waals surface area contributed by atoms with Crippen molar-refractivity contribution in [3.63, 3.8) is 0 Å². The van der Waals surface area contributed by atoms with E-state index in [4.69, 9.17) is 0 Å². The Bertz CT molecular complexity index is 207. The first kappa shape index (κ1) is 17.4. The molecule has 0 spiro atoms. The molecule has 1 rings (SSSR count). The van der Waals surface area contributed by atoms with Crippen molar-refractivity contribution in [1.82, 2.24) is 9.80 Å². The summed E-state index contributed by atoms with van der Waals surface area (Å²) in [6.45, 7) is 15.5. The van der Waals surface area contributed by atoms with Gasteiger partial charge in [0.2, 0.25) is 5.91 Å². The lowest BCUT2D eigenvalue weighted by Gasteiger charge is -2.31. The van der Waals surface area contributed by atoms with Gasteiger partial charge in [0.1, 0.15) is 0 Å². The summed E-state index contributed by atoms with van der Waals surface area (Å²) in [4.78, 5) is 16.3. The van der Waals surface area contributed by atoms with Gasteiger partial charge in [-0.05, 0) is 31.8 Å². The lowest BCUT2D eigenvalue weighted by Crippen LogP contribution is -2.39. The van der Waals surface area contributed by atoms with Crippen LogP contribution in [0.3, 0.4) is 0 Å². The van der Waals surface area contributed by atoms with Crippen LogP contribution in [0.25, 0.3) is 0 Å². The molecule has 3 nitrogen and oxygen atoms in total. The third-order valence-electron chi connectivity index (χ3n) is 3.67. The van der Waals surface area contributed by atoms with Gasteiger partial charge in [-0.1, -0.05) is 34.6 Å². The predicted molar refractivity (Wildman–Crippen MR) is 78.7 cm³/mol. The number of hydrogen-bond acceptors (Lipinski definition) is 2. The maximum Gasteiger partial charge on any atom is 0.223 e. The molecule has 1 fully saturated rings. The van der Waals surface area contributed by atoms with Gasteiger partial charge in [0, 0.05) is 26.1 Å². The molecule has 0 aromatic heterocycles. The van der Waals surface area contributed by atoms with Crippen LogP contribution in [0.1, 0.15) is 53.9 Å². The van der Waals surface area contributed by atoms with E-state index in [1.54, 1.807) is 0 Å². The fourth-order valence-electron chi connectivity index (χ4n) is 2.21. The standard InChI is InChI=1S/C13H26N2O.C2H6/c1-4-14(5-2)9-8-13(16)15-10-6-12(3)7-11-15;1-2/h12H,4-11H2,1-3H3;1-2H3. The number of carbonyl (C=O) groups is 1. The number of hydrogen-bond donors (Lipinski definition) is 0. The SMILES string of the molecule is CC.CCN(CC)CCC(=O)N1CCC(C)CC1. The minimum absolute atomic E-state index is 0.346. The van der Waals surface area contributed by atoms with Gasteiger partial charge >= 0.3 is 0 Å². The molecule has 3 heteroatoms. The van der Waals surface area contributed by atoms with Gasteiger partial charge < -0.3 is 9.80 Å². The highest BCUT2D eigenvalue weighted by atomic mass is 16.2. The van der Waals surface area contributed by atoms with Crippen LogP contribution in [0.4, 0.5) is 0 Å². The molecule has 1 saturated heterocycles. The summed E-state index contributed by atoms with van der Waals surface area (Å²) in [5, 5.41) is 0. The third-order valence-corrected chi connectivity index (χ3v) is 3.67. The first-order valence-corrected chi connectivity index (χ1v) is 7.67. The van der Waals surface area contributed by atoms with E-state index in [1.165, 1.54) is 12.8 Å². The summed E-state index contributed by atoms with van der Waals surface area (Å²) in [5.74, 6) is 1.14. The predicted octanol–water partition coefficient (Wildman–Crippen LogP) is 3.00. The van der Waals surface area contributed by atoms with E-state index in [9.17, 15) is 4.79 Å². The Hall–Kier alpha value is -0.570. The lowest BCUT2D eigenvalue weighted by atomic mass is 9.99. The van der Waals surface area contributed by atoms with E-state index in [-0.39, 0.29) is 0 Å². The molecular formula is C15H32N2O. The molecule has 0 bridgehead atoms. The summed E-state index contributed by atoms with van der Waals surface area (Å²) in [6, 6.07) is 0. The normalized spacial score (nSPS) is 16.4. The van der Waals surface area contributed by atoms with Gasteiger partial charge in [0.25, 0.3) is 0 Å². The summed E-state index contributed by atoms with van der Waals surface area (Å²) < 4.78 is 0. The minimum atomic E-state index is 0.346. The van der Waals surface area contributed by atoms with Crippen molar-refractivity contribution in [3.8, 4) is 0 Å². The second-order valence-corrected chi connectivity index (χ2v) is 4.84. The summed E-state index contributed by atoms with van der Waals surface area (Å²) in [5.41, 5.74) is 0. The average molecular weight is 256 g/mol. The monoisotopic (exact) mass is 256 g/mol. The lowest BCUT2D eigenvalue weighted by molar-refractivity contribution is -0.132. The number of piperidine rings is 1. The van der Waals surface area contributed by atoms with Crippen LogP contribution in [0.15, 0.2) is 0 Å². The summed E-state index contributed by atoms with van der Waals surface area (Å²) >= 11 is 0. The number of amides is 1. The van der Waals surface area contributed by atoms with Crippen LogP contribution in [-0.4, -0.2) is 48.4 Å². The molecule has 1 heterocycles. The molecule has 1 amide bonds. The molecule has 1 aliphatic heterocycles. The first-order chi connectivity index (χ1) is 8.67. The van der Waals surface area contributed by atoms with E-state index in [0.717, 1.165) is 38.6 Å². The maximum absolute atomic E-state index is 11.9. The van der Waals surface area contributed by atoms with Gasteiger partial charge in [-0.15, -0.1) is 0 Å². The van der Waals surface area contributed by atoms with E-state index in [1.807, 2.05) is 18.7 Å². The van der Waals surface area contributed by atoms with Crippen molar-refractivity contribution >= 4 is 5.91 Å². The smallest absolute Gasteiger partial charge is 0.223 e. The topological polar surface area (TPSA) is 23.6 Å². The molecule has 1 aliphatic rings. The van der Waals surface area contributed by atoms with Gasteiger partial charge in [-0.2, -0.15) is 0 Å². The molecule has 0 radical (unpaired) electrons. The molecule has 0 aromatic carbocycles. The van der Waals surface area contributed by atoms with Crippen molar-refractivity contribution in [2.24, 2.45) is 5.92 Å². The van der Waals surface area contributed by atoms with Crippen molar-refractivity contribution in [3.05, 3.63) is 0 Å². The maximum atomic E-state index is 11.9. The number of rotatable bonds is 5. The van der Waals surface area contributed by atoms with Crippen molar-refractivity contribution in [1.29, 1.82) is 0 Å². The molecule has 0 saturated carbocycles. The van der Waals surface area contributed by atoms with Crippen LogP contribution < -0.4 is 0 Å². The average Bonchev–Trinajstić information content (AvgIpc) is 2.42. The molecule has 0 atom stereocenters. The van der Waals surface area contributed by atoms with Crippen LogP contribution in [0.5, 0.6) is 0 Å². The van der Waals surface area contributed by atoms with Crippen LogP contribution in [-0.2, 0) is 4.79 Å². The molecule has 108 valence electrons. The Morgan fingerprint density at radius 1 is 1.17 bits per heavy atom. The second kappa shape index (κ2) is 10.4. The molecule has 0 aromatic rings. The quantitative estimate of drug-likeness (QED) is 0.755. The Morgan fingerprint density at radius 3 is 2.11 bits per heavy atom. The fourth-order valence-corrected chi connectivity index (χ4v) is 2.21. The third kappa shape index (κ3) is 6.39. The molecule has 18 heavy (non-hydrogen) atoms. The van der Waals surface area contributed by atoms with E-state index in [2.05, 4.69) is 25.7 Å². The first-order valence-electron chi connectivity index (χ1n) is 7.67. The minimum Gasteiger partial charge on any atom is -0.343 e. The Morgan fingerprint density at radius 2 is 1.67 bits per heavy atom. The Balaban J connectivity index is 0.00000137. The van der Waals surface area contributed by atoms with Crippen LogP contribution in [0.2, 0.25) is 0 Å². The zero-order valence-electron chi connectivity index (χ0n) is 13.0. The number of likely N-dealkylation sites (tertiary alicyclic amines) is 1. The van der Waals surface area contributed by atoms with Crippen molar-refractivity contribution in [2.45, 2.75) is 53.9 Å². The highest BCUT2D eigenvalue weighted by Gasteiger charge is 2.20. The van der Waals surface area contributed by atoms with Gasteiger partial charge in [-0.25, -0.2) is 0 Å². The van der Waals surface area contributed by atoms with E-state index in [0.29, 0.717) is 12.3 Å². The van der Waals surface area contributed by atoms with Gasteiger partial charge in [0.15, 0.2) is 0 Å². The highest BCUT2D eigenvalue weighted by Crippen LogP contribution is 2.16. The van der Waals surface area contributed by atoms with Crippen molar-refractivity contribution < 1.29 is 4.79 Å². The van der Waals surface area contributed by atoms with E-state index < -0.39 is 0 Å². The van der Waals surface area contributed by atoms with Gasteiger partial charge in [0.05, 0.1) is 0 Å². The zero-order chi connectivity index (χ0) is 14.0. The molecule has 0 aliphatic carbocycles. The molecule has 0 unspecified atom stereocenters. The largest absolute Gasteiger partial charge is 0.343 e. The fraction of sp³-hybridized carbons (Fsp3) is 0.933.